The molecule has 1 aliphatic carbocycles. The molecule has 2 fully saturated rings. The molecule has 0 unspecified atom stereocenters. The molecule has 11 heavy (non-hydrogen) atoms. The number of hydrogen-bond acceptors (Lipinski definition) is 2. The van der Waals surface area contributed by atoms with Crippen molar-refractivity contribution in [3.8, 4) is 0 Å². The number of rotatable bonds is 1. The Labute approximate surface area is 66.3 Å². The Morgan fingerprint density at radius 1 is 1.27 bits per heavy atom. The van der Waals surface area contributed by atoms with E-state index in [0.717, 1.165) is 31.8 Å². The summed E-state index contributed by atoms with van der Waals surface area (Å²) in [5.41, 5.74) is 0. The van der Waals surface area contributed by atoms with Gasteiger partial charge in [-0.25, -0.2) is 0 Å². The molecule has 3 nitrogen and oxygen atoms in total. The van der Waals surface area contributed by atoms with Crippen molar-refractivity contribution in [1.29, 1.82) is 0 Å². The van der Waals surface area contributed by atoms with Gasteiger partial charge in [0.25, 0.3) is 0 Å². The molecule has 0 N–H and O–H groups in total. The zero-order valence-electron chi connectivity index (χ0n) is 6.51. The average Bonchev–Trinajstić information content (AvgIpc) is 2.87. The molecule has 0 aromatic carbocycles. The predicted molar refractivity (Wildman–Crippen MR) is 39.9 cm³/mol. The number of amides is 1. The topological polar surface area (TPSA) is 29.5 Å². The second-order valence-corrected chi connectivity index (χ2v) is 3.01. The summed E-state index contributed by atoms with van der Waals surface area (Å²) in [7, 11) is 0. The number of nitrogens with zero attached hydrogens (tertiary/aromatic N) is 1. The number of carbonyl (C=O) groups excluding carboxylic acids is 1. The molecule has 1 amide bonds. The smallest absolute Gasteiger partial charge is 0.230 e. The zero-order valence-corrected chi connectivity index (χ0v) is 6.51. The quantitative estimate of drug-likeness (QED) is 0.540. The van der Waals surface area contributed by atoms with E-state index in [2.05, 4.69) is 0 Å². The fourth-order valence-corrected chi connectivity index (χ4v) is 1.27. The van der Waals surface area contributed by atoms with Crippen LogP contribution in [-0.2, 0) is 9.53 Å². The van der Waals surface area contributed by atoms with E-state index < -0.39 is 0 Å². The van der Waals surface area contributed by atoms with Crippen LogP contribution in [0, 0.1) is 5.92 Å². The van der Waals surface area contributed by atoms with Crippen LogP contribution in [0.3, 0.4) is 0 Å². The maximum atomic E-state index is 11.4. The highest BCUT2D eigenvalue weighted by atomic mass is 16.5. The van der Waals surface area contributed by atoms with E-state index >= 15 is 0 Å². The number of ether oxygens (including phenoxy) is 1. The molecule has 1 aliphatic heterocycles. The van der Waals surface area contributed by atoms with Crippen LogP contribution in [0.15, 0.2) is 0 Å². The molecule has 0 atom stereocenters. The highest BCUT2D eigenvalue weighted by molar-refractivity contribution is 5.93. The van der Waals surface area contributed by atoms with Gasteiger partial charge in [-0.1, -0.05) is 0 Å². The Bertz CT molecular complexity index is 159. The Morgan fingerprint density at radius 2 is 1.91 bits per heavy atom. The average molecular weight is 154 g/mol. The lowest BCUT2D eigenvalue weighted by atomic mass is 10.3. The highest BCUT2D eigenvalue weighted by Crippen LogP contribution is 2.33. The minimum atomic E-state index is 0.272. The summed E-state index contributed by atoms with van der Waals surface area (Å²) in [6.07, 6.45) is 2.05. The molecule has 3 heteroatoms. The third-order valence-electron chi connectivity index (χ3n) is 2.10. The van der Waals surface area contributed by atoms with Crippen LogP contribution in [0.25, 0.3) is 0 Å². The molecule has 1 radical (unpaired) electrons. The molecular weight excluding hydrogens is 142 g/mol. The molecule has 2 aliphatic rings. The van der Waals surface area contributed by atoms with Gasteiger partial charge < -0.3 is 9.64 Å². The van der Waals surface area contributed by atoms with Gasteiger partial charge in [0.2, 0.25) is 5.91 Å². The fraction of sp³-hybridized carbons (Fsp3) is 0.750. The fourth-order valence-electron chi connectivity index (χ4n) is 1.27. The summed E-state index contributed by atoms with van der Waals surface area (Å²) < 4.78 is 5.15. The first kappa shape index (κ1) is 7.10. The van der Waals surface area contributed by atoms with Crippen LogP contribution < -0.4 is 0 Å². The largest absolute Gasteiger partial charge is 0.378 e. The Balaban J connectivity index is 1.86. The number of morpholine rings is 1. The van der Waals surface area contributed by atoms with E-state index in [0.29, 0.717) is 13.2 Å². The molecule has 2 rings (SSSR count). The third-order valence-corrected chi connectivity index (χ3v) is 2.10. The van der Waals surface area contributed by atoms with Crippen LogP contribution in [0.5, 0.6) is 0 Å². The van der Waals surface area contributed by atoms with Crippen molar-refractivity contribution in [3.63, 3.8) is 0 Å². The number of hydrogen-bond donors (Lipinski definition) is 0. The Morgan fingerprint density at radius 3 is 2.45 bits per heavy atom. The van der Waals surface area contributed by atoms with Gasteiger partial charge >= 0.3 is 0 Å². The van der Waals surface area contributed by atoms with Gasteiger partial charge in [0.05, 0.1) is 19.1 Å². The summed E-state index contributed by atoms with van der Waals surface area (Å²) in [6.45, 7) is 2.97. The van der Waals surface area contributed by atoms with E-state index in [9.17, 15) is 4.79 Å². The van der Waals surface area contributed by atoms with Crippen molar-refractivity contribution >= 4 is 5.91 Å². The van der Waals surface area contributed by atoms with Crippen molar-refractivity contribution in [3.05, 3.63) is 5.92 Å². The second kappa shape index (κ2) is 2.81. The first-order valence-corrected chi connectivity index (χ1v) is 4.09. The van der Waals surface area contributed by atoms with Gasteiger partial charge in [0.1, 0.15) is 0 Å². The lowest BCUT2D eigenvalue weighted by Crippen LogP contribution is -2.41. The third kappa shape index (κ3) is 1.53. The normalized spacial score (nSPS) is 25.3. The maximum Gasteiger partial charge on any atom is 0.230 e. The van der Waals surface area contributed by atoms with Gasteiger partial charge in [0, 0.05) is 13.1 Å². The first-order valence-electron chi connectivity index (χ1n) is 4.09. The van der Waals surface area contributed by atoms with Crippen molar-refractivity contribution in [2.24, 2.45) is 0 Å². The van der Waals surface area contributed by atoms with Crippen molar-refractivity contribution in [2.75, 3.05) is 26.3 Å². The van der Waals surface area contributed by atoms with Gasteiger partial charge in [-0.15, -0.1) is 0 Å². The molecule has 0 spiro atoms. The molecule has 0 aromatic heterocycles. The van der Waals surface area contributed by atoms with E-state index in [1.165, 1.54) is 0 Å². The molecule has 1 saturated carbocycles. The van der Waals surface area contributed by atoms with Gasteiger partial charge in [0.15, 0.2) is 0 Å². The van der Waals surface area contributed by atoms with Gasteiger partial charge in [-0.3, -0.25) is 4.79 Å². The van der Waals surface area contributed by atoms with Crippen LogP contribution in [0.4, 0.5) is 0 Å². The minimum Gasteiger partial charge on any atom is -0.378 e. The van der Waals surface area contributed by atoms with Gasteiger partial charge in [-0.2, -0.15) is 0 Å². The summed E-state index contributed by atoms with van der Waals surface area (Å²) in [4.78, 5) is 13.3. The van der Waals surface area contributed by atoms with Crippen LogP contribution in [0.1, 0.15) is 12.8 Å². The summed E-state index contributed by atoms with van der Waals surface area (Å²) in [5, 5.41) is 0. The summed E-state index contributed by atoms with van der Waals surface area (Å²) in [6, 6.07) is 0. The minimum absolute atomic E-state index is 0.272. The predicted octanol–water partition coefficient (Wildman–Crippen LogP) is 0.213. The van der Waals surface area contributed by atoms with E-state index in [-0.39, 0.29) is 5.91 Å². The van der Waals surface area contributed by atoms with Crippen LogP contribution >= 0.6 is 0 Å². The highest BCUT2D eigenvalue weighted by Gasteiger charge is 2.34. The Hall–Kier alpha value is -0.570. The monoisotopic (exact) mass is 154 g/mol. The molecule has 1 heterocycles. The van der Waals surface area contributed by atoms with Crippen molar-refractivity contribution in [1.82, 2.24) is 4.90 Å². The van der Waals surface area contributed by atoms with Crippen LogP contribution in [0.2, 0.25) is 0 Å². The van der Waals surface area contributed by atoms with E-state index in [1.807, 2.05) is 4.90 Å². The van der Waals surface area contributed by atoms with E-state index in [1.54, 1.807) is 0 Å². The second-order valence-electron chi connectivity index (χ2n) is 3.01. The van der Waals surface area contributed by atoms with Crippen LogP contribution in [-0.4, -0.2) is 37.1 Å². The molecule has 0 aromatic rings. The summed E-state index contributed by atoms with van der Waals surface area (Å²) >= 11 is 0. The number of carbonyl (C=O) groups is 1. The van der Waals surface area contributed by atoms with Crippen molar-refractivity contribution in [2.45, 2.75) is 12.8 Å². The zero-order chi connectivity index (χ0) is 7.68. The van der Waals surface area contributed by atoms with E-state index in [4.69, 9.17) is 4.74 Å². The Kier molecular flexibility index (Phi) is 1.82. The molecular formula is C8H12NO2. The maximum absolute atomic E-state index is 11.4. The van der Waals surface area contributed by atoms with Crippen molar-refractivity contribution < 1.29 is 9.53 Å². The lowest BCUT2D eigenvalue weighted by Gasteiger charge is -2.26. The van der Waals surface area contributed by atoms with Gasteiger partial charge in [-0.05, 0) is 12.8 Å². The molecule has 61 valence electrons. The molecule has 0 bridgehead atoms. The SMILES string of the molecule is O=C([C]1CC1)N1CCOCC1. The first-order chi connectivity index (χ1) is 5.38. The lowest BCUT2D eigenvalue weighted by molar-refractivity contribution is -0.132. The summed E-state index contributed by atoms with van der Waals surface area (Å²) in [5.74, 6) is 1.38. The standard InChI is InChI=1S/C8H12NO2/c10-8(7-1-2-7)9-3-5-11-6-4-9/h1-6H2. The molecule has 1 saturated heterocycles.